The number of allylic oxidation sites excluding steroid dienone is 2. The maximum Gasteiger partial charge on any atom is 0.127 e. The van der Waals surface area contributed by atoms with E-state index in [0.29, 0.717) is 23.8 Å². The van der Waals surface area contributed by atoms with E-state index in [9.17, 15) is 4.39 Å². The molecule has 1 atom stereocenters. The molecular formula is C29H35FN2O. The lowest BCUT2D eigenvalue weighted by Gasteiger charge is -2.12. The number of rotatable bonds is 13. The summed E-state index contributed by atoms with van der Waals surface area (Å²) in [5, 5.41) is 0. The molecule has 0 N–H and O–H groups in total. The Morgan fingerprint density at radius 1 is 1.09 bits per heavy atom. The van der Waals surface area contributed by atoms with Crippen LogP contribution in [0, 0.1) is 5.82 Å². The Morgan fingerprint density at radius 2 is 1.97 bits per heavy atom. The maximum atomic E-state index is 14.3. The summed E-state index contributed by atoms with van der Waals surface area (Å²) < 4.78 is 20.1. The van der Waals surface area contributed by atoms with Gasteiger partial charge < -0.3 is 4.74 Å². The Hall–Kier alpha value is -2.85. The second kappa shape index (κ2) is 13.0. The molecule has 1 unspecified atom stereocenters. The van der Waals surface area contributed by atoms with Crippen molar-refractivity contribution < 1.29 is 9.13 Å². The van der Waals surface area contributed by atoms with Crippen molar-refractivity contribution in [2.24, 2.45) is 0 Å². The molecule has 0 radical (unpaired) electrons. The molecular weight excluding hydrogens is 411 g/mol. The first-order chi connectivity index (χ1) is 16.1. The van der Waals surface area contributed by atoms with Crippen LogP contribution in [0.5, 0.6) is 0 Å². The monoisotopic (exact) mass is 446 g/mol. The minimum absolute atomic E-state index is 0.243. The smallest absolute Gasteiger partial charge is 0.127 e. The van der Waals surface area contributed by atoms with Crippen molar-refractivity contribution in [3.05, 3.63) is 78.3 Å². The first kappa shape index (κ1) is 24.8. The molecule has 0 aliphatic heterocycles. The lowest BCUT2D eigenvalue weighted by molar-refractivity contribution is 0.0566. The second-order valence-corrected chi connectivity index (χ2v) is 8.52. The molecule has 174 valence electrons. The van der Waals surface area contributed by atoms with Gasteiger partial charge >= 0.3 is 0 Å². The van der Waals surface area contributed by atoms with Crippen LogP contribution in [0.1, 0.15) is 63.5 Å². The molecule has 1 aromatic heterocycles. The summed E-state index contributed by atoms with van der Waals surface area (Å²) in [6.45, 7) is 8.92. The molecule has 0 fully saturated rings. The number of unbranched alkanes of at least 4 members (excludes halogenated alkanes) is 3. The van der Waals surface area contributed by atoms with Gasteiger partial charge in [0.15, 0.2) is 0 Å². The highest BCUT2D eigenvalue weighted by molar-refractivity contribution is 5.79. The van der Waals surface area contributed by atoms with Gasteiger partial charge in [-0.25, -0.2) is 9.37 Å². The van der Waals surface area contributed by atoms with E-state index in [0.717, 1.165) is 54.5 Å². The average molecular weight is 447 g/mol. The highest BCUT2D eigenvalue weighted by Gasteiger charge is 2.07. The Kier molecular flexibility index (Phi) is 9.77. The van der Waals surface area contributed by atoms with Gasteiger partial charge in [0.05, 0.1) is 29.0 Å². The van der Waals surface area contributed by atoms with E-state index in [2.05, 4.69) is 42.5 Å². The van der Waals surface area contributed by atoms with E-state index in [-0.39, 0.29) is 5.82 Å². The van der Waals surface area contributed by atoms with E-state index >= 15 is 0 Å². The van der Waals surface area contributed by atoms with Gasteiger partial charge in [-0.3, -0.25) is 4.98 Å². The molecule has 0 amide bonds. The summed E-state index contributed by atoms with van der Waals surface area (Å²) >= 11 is 0. The molecule has 3 nitrogen and oxygen atoms in total. The molecule has 3 aromatic rings. The first-order valence-electron chi connectivity index (χ1n) is 12.1. The number of benzene rings is 2. The number of hydrogen-bond donors (Lipinski definition) is 0. The Labute approximate surface area is 197 Å². The van der Waals surface area contributed by atoms with Gasteiger partial charge in [-0.1, -0.05) is 56.2 Å². The number of fused-ring (bicyclic) bond motifs is 1. The van der Waals surface area contributed by atoms with Crippen molar-refractivity contribution >= 4 is 17.1 Å². The highest BCUT2D eigenvalue weighted by atomic mass is 19.1. The zero-order chi connectivity index (χ0) is 23.5. The largest absolute Gasteiger partial charge is 0.379 e. The predicted molar refractivity (Wildman–Crippen MR) is 137 cm³/mol. The van der Waals surface area contributed by atoms with Gasteiger partial charge in [0.25, 0.3) is 0 Å². The topological polar surface area (TPSA) is 35.0 Å². The van der Waals surface area contributed by atoms with Gasteiger partial charge in [-0.2, -0.15) is 0 Å². The average Bonchev–Trinajstić information content (AvgIpc) is 2.82. The van der Waals surface area contributed by atoms with E-state index < -0.39 is 0 Å². The Morgan fingerprint density at radius 3 is 2.76 bits per heavy atom. The number of aromatic nitrogens is 2. The van der Waals surface area contributed by atoms with E-state index in [1.807, 2.05) is 24.3 Å². The highest BCUT2D eigenvalue weighted by Crippen LogP contribution is 2.23. The molecule has 0 aliphatic carbocycles. The van der Waals surface area contributed by atoms with E-state index in [4.69, 9.17) is 4.74 Å². The molecule has 4 heteroatoms. The van der Waals surface area contributed by atoms with Crippen LogP contribution >= 0.6 is 0 Å². The maximum absolute atomic E-state index is 14.3. The van der Waals surface area contributed by atoms with Crippen LogP contribution in [0.3, 0.4) is 0 Å². The van der Waals surface area contributed by atoms with Crippen LogP contribution in [0.4, 0.5) is 4.39 Å². The van der Waals surface area contributed by atoms with Crippen LogP contribution in [-0.2, 0) is 11.2 Å². The van der Waals surface area contributed by atoms with Crippen LogP contribution in [0.25, 0.3) is 28.4 Å². The van der Waals surface area contributed by atoms with Gasteiger partial charge in [-0.05, 0) is 68.4 Å². The van der Waals surface area contributed by atoms with E-state index in [1.54, 1.807) is 18.3 Å². The van der Waals surface area contributed by atoms with Crippen molar-refractivity contribution in [3.63, 3.8) is 0 Å². The number of nitrogens with zero attached hydrogens (tertiary/aromatic N) is 2. The quantitative estimate of drug-likeness (QED) is 0.197. The molecule has 0 saturated heterocycles. The first-order valence-corrected chi connectivity index (χ1v) is 12.1. The van der Waals surface area contributed by atoms with Crippen molar-refractivity contribution in [1.82, 2.24) is 9.97 Å². The lowest BCUT2D eigenvalue weighted by Crippen LogP contribution is -2.08. The third kappa shape index (κ3) is 7.61. The van der Waals surface area contributed by atoms with Crippen molar-refractivity contribution in [2.45, 2.75) is 64.9 Å². The number of halogens is 1. The van der Waals surface area contributed by atoms with Crippen LogP contribution in [0.15, 0.2) is 61.3 Å². The second-order valence-electron chi connectivity index (χ2n) is 8.52. The van der Waals surface area contributed by atoms with Crippen LogP contribution in [0.2, 0.25) is 0 Å². The normalized spacial score (nSPS) is 12.5. The zero-order valence-corrected chi connectivity index (χ0v) is 19.9. The van der Waals surface area contributed by atoms with Crippen molar-refractivity contribution in [3.8, 4) is 11.3 Å². The van der Waals surface area contributed by atoms with Crippen molar-refractivity contribution in [1.29, 1.82) is 0 Å². The molecule has 0 aliphatic rings. The third-order valence-corrected chi connectivity index (χ3v) is 5.72. The summed E-state index contributed by atoms with van der Waals surface area (Å²) in [4.78, 5) is 9.25. The molecule has 0 saturated carbocycles. The summed E-state index contributed by atoms with van der Waals surface area (Å²) in [7, 11) is 0. The summed E-state index contributed by atoms with van der Waals surface area (Å²) in [6, 6.07) is 11.2. The lowest BCUT2D eigenvalue weighted by atomic mass is 10.1. The molecule has 3 rings (SSSR count). The summed E-state index contributed by atoms with van der Waals surface area (Å²) in [5.74, 6) is -0.243. The SMILES string of the molecule is C=CCc1ccc(-c2cnc3cc(C=CCCCC(C)OCCCCC)ccc3n2)cc1F. The number of hydrogen-bond acceptors (Lipinski definition) is 3. The van der Waals surface area contributed by atoms with Crippen LogP contribution < -0.4 is 0 Å². The fourth-order valence-electron chi connectivity index (χ4n) is 3.76. The molecule has 1 heterocycles. The molecule has 0 bridgehead atoms. The summed E-state index contributed by atoms with van der Waals surface area (Å²) in [6.07, 6.45) is 15.4. The van der Waals surface area contributed by atoms with Gasteiger partial charge in [0.2, 0.25) is 0 Å². The number of ether oxygens (including phenoxy) is 1. The standard InChI is InChI=1S/C29H35FN2O/c1-4-6-10-18-33-22(3)12-8-7-9-13-23-14-17-27-28(19-23)31-21-29(32-27)25-16-15-24(11-5-2)26(30)20-25/h5,9,13-17,19-22H,2,4,6-8,10-12,18H2,1,3H3. The fourth-order valence-corrected chi connectivity index (χ4v) is 3.76. The van der Waals surface area contributed by atoms with E-state index in [1.165, 1.54) is 18.9 Å². The minimum Gasteiger partial charge on any atom is -0.379 e. The predicted octanol–water partition coefficient (Wildman–Crippen LogP) is 7.94. The van der Waals surface area contributed by atoms with Gasteiger partial charge in [-0.15, -0.1) is 6.58 Å². The zero-order valence-electron chi connectivity index (χ0n) is 19.9. The van der Waals surface area contributed by atoms with Gasteiger partial charge in [0.1, 0.15) is 5.82 Å². The molecule has 0 spiro atoms. The van der Waals surface area contributed by atoms with Crippen molar-refractivity contribution in [2.75, 3.05) is 6.61 Å². The van der Waals surface area contributed by atoms with Crippen LogP contribution in [-0.4, -0.2) is 22.7 Å². The minimum atomic E-state index is -0.243. The third-order valence-electron chi connectivity index (χ3n) is 5.72. The molecule has 33 heavy (non-hydrogen) atoms. The fraction of sp³-hybridized carbons (Fsp3) is 0.379. The Bertz CT molecular complexity index is 1080. The summed E-state index contributed by atoms with van der Waals surface area (Å²) in [5.41, 5.74) is 4.76. The van der Waals surface area contributed by atoms with Gasteiger partial charge in [0, 0.05) is 12.2 Å². The molecule has 2 aromatic carbocycles. The Balaban J connectivity index is 1.55.